The lowest BCUT2D eigenvalue weighted by molar-refractivity contribution is -0.112. The lowest BCUT2D eigenvalue weighted by Crippen LogP contribution is -2.13. The van der Waals surface area contributed by atoms with E-state index in [0.29, 0.717) is 45.5 Å². The highest BCUT2D eigenvalue weighted by Crippen LogP contribution is 2.38. The summed E-state index contributed by atoms with van der Waals surface area (Å²) >= 11 is 9.49. The molecule has 5 nitrogen and oxygen atoms in total. The molecule has 0 radical (unpaired) electrons. The number of anilines is 1. The Labute approximate surface area is 229 Å². The minimum Gasteiger partial charge on any atom is -0.490 e. The van der Waals surface area contributed by atoms with Crippen LogP contribution in [0.2, 0.25) is 5.02 Å². The number of rotatable bonds is 8. The largest absolute Gasteiger partial charge is 0.490 e. The van der Waals surface area contributed by atoms with E-state index < -0.39 is 5.91 Å². The second-order valence-corrected chi connectivity index (χ2v) is 9.56. The van der Waals surface area contributed by atoms with Gasteiger partial charge in [-0.1, -0.05) is 48.0 Å². The Bertz CT molecular complexity index is 1520. The topological polar surface area (TPSA) is 71.3 Å². The van der Waals surface area contributed by atoms with Crippen molar-refractivity contribution in [3.8, 4) is 17.6 Å². The van der Waals surface area contributed by atoms with E-state index in [1.54, 1.807) is 36.4 Å². The first-order valence-electron chi connectivity index (χ1n) is 11.6. The summed E-state index contributed by atoms with van der Waals surface area (Å²) in [5, 5.41) is 15.2. The molecule has 37 heavy (non-hydrogen) atoms. The second-order valence-electron chi connectivity index (χ2n) is 8.26. The van der Waals surface area contributed by atoms with Crippen molar-refractivity contribution in [2.45, 2.75) is 20.5 Å². The Balaban J connectivity index is 1.61. The Hall–Kier alpha value is -3.79. The number of carbonyl (C=O) groups excluding carboxylic acids is 1. The zero-order valence-corrected chi connectivity index (χ0v) is 22.7. The van der Waals surface area contributed by atoms with E-state index >= 15 is 0 Å². The number of benzene rings is 4. The molecule has 186 valence electrons. The smallest absolute Gasteiger partial charge is 0.266 e. The summed E-state index contributed by atoms with van der Waals surface area (Å²) in [6, 6.07) is 24.6. The molecule has 0 unspecified atom stereocenters. The molecule has 0 aliphatic carbocycles. The molecule has 4 aromatic carbocycles. The van der Waals surface area contributed by atoms with Crippen molar-refractivity contribution in [3.05, 3.63) is 105 Å². The number of aryl methyl sites for hydroxylation is 1. The first-order valence-corrected chi connectivity index (χ1v) is 12.8. The molecule has 0 heterocycles. The molecule has 0 fully saturated rings. The zero-order valence-electron chi connectivity index (χ0n) is 20.3. The lowest BCUT2D eigenvalue weighted by atomic mass is 10.0. The van der Waals surface area contributed by atoms with E-state index in [1.165, 1.54) is 6.08 Å². The number of ether oxygens (including phenoxy) is 2. The molecule has 4 aromatic rings. The minimum atomic E-state index is -0.523. The van der Waals surface area contributed by atoms with Gasteiger partial charge in [0.1, 0.15) is 18.2 Å². The molecule has 1 N–H and O–H groups in total. The Morgan fingerprint density at radius 1 is 1.08 bits per heavy atom. The maximum Gasteiger partial charge on any atom is 0.266 e. The van der Waals surface area contributed by atoms with E-state index in [-0.39, 0.29) is 5.57 Å². The third-order valence-corrected chi connectivity index (χ3v) is 6.59. The number of hydrogen-bond donors (Lipinski definition) is 1. The summed E-state index contributed by atoms with van der Waals surface area (Å²) in [5.41, 5.74) is 3.34. The first-order chi connectivity index (χ1) is 17.9. The summed E-state index contributed by atoms with van der Waals surface area (Å²) in [7, 11) is 0. The molecule has 4 rings (SSSR count). The molecule has 0 aliphatic heterocycles. The number of halogens is 2. The first kappa shape index (κ1) is 26.3. The molecular formula is C30H24BrClN2O3. The van der Waals surface area contributed by atoms with E-state index in [1.807, 2.05) is 25.1 Å². The van der Waals surface area contributed by atoms with Gasteiger partial charge in [-0.15, -0.1) is 0 Å². The third kappa shape index (κ3) is 6.32. The molecule has 0 spiro atoms. The van der Waals surface area contributed by atoms with E-state index in [2.05, 4.69) is 52.4 Å². The Morgan fingerprint density at radius 3 is 2.57 bits per heavy atom. The maximum atomic E-state index is 12.7. The van der Waals surface area contributed by atoms with Gasteiger partial charge < -0.3 is 14.8 Å². The van der Waals surface area contributed by atoms with Crippen LogP contribution in [-0.4, -0.2) is 12.5 Å². The zero-order chi connectivity index (χ0) is 26.4. The van der Waals surface area contributed by atoms with Gasteiger partial charge in [0.05, 0.1) is 11.1 Å². The van der Waals surface area contributed by atoms with Crippen LogP contribution < -0.4 is 14.8 Å². The predicted molar refractivity (Wildman–Crippen MR) is 152 cm³/mol. The monoisotopic (exact) mass is 574 g/mol. The summed E-state index contributed by atoms with van der Waals surface area (Å²) in [4.78, 5) is 12.7. The fraction of sp³-hybridized carbons (Fsp3) is 0.133. The van der Waals surface area contributed by atoms with Crippen LogP contribution in [0.15, 0.2) is 82.8 Å². The van der Waals surface area contributed by atoms with Gasteiger partial charge in [0.25, 0.3) is 5.91 Å². The third-order valence-electron chi connectivity index (χ3n) is 5.75. The summed E-state index contributed by atoms with van der Waals surface area (Å²) in [5.74, 6) is 0.539. The average molecular weight is 576 g/mol. The summed E-state index contributed by atoms with van der Waals surface area (Å²) in [6.07, 6.45) is 1.51. The van der Waals surface area contributed by atoms with Crippen molar-refractivity contribution in [2.75, 3.05) is 11.9 Å². The van der Waals surface area contributed by atoms with Gasteiger partial charge in [0.15, 0.2) is 11.5 Å². The van der Waals surface area contributed by atoms with Gasteiger partial charge in [-0.3, -0.25) is 4.79 Å². The van der Waals surface area contributed by atoms with Crippen LogP contribution in [0.3, 0.4) is 0 Å². The van der Waals surface area contributed by atoms with Crippen molar-refractivity contribution < 1.29 is 14.3 Å². The fourth-order valence-corrected chi connectivity index (χ4v) is 4.60. The van der Waals surface area contributed by atoms with Crippen LogP contribution >= 0.6 is 27.5 Å². The fourth-order valence-electron chi connectivity index (χ4n) is 3.90. The van der Waals surface area contributed by atoms with Gasteiger partial charge >= 0.3 is 0 Å². The number of carbonyl (C=O) groups is 1. The quantitative estimate of drug-likeness (QED) is 0.170. The molecule has 0 saturated heterocycles. The standard InChI is InChI=1S/C30H24BrClN2O3/c1-3-36-28-16-20(14-22(17-33)30(35)34-24-12-10-23(32)11-13-24)15-27(31)29(28)37-18-26-19(2)8-9-21-6-4-5-7-25(21)26/h4-16H,3,18H2,1-2H3,(H,34,35)/b22-14+. The number of amides is 1. The normalized spacial score (nSPS) is 11.2. The van der Waals surface area contributed by atoms with E-state index in [9.17, 15) is 10.1 Å². The van der Waals surface area contributed by atoms with Crippen molar-refractivity contribution in [2.24, 2.45) is 0 Å². The number of hydrogen-bond acceptors (Lipinski definition) is 4. The van der Waals surface area contributed by atoms with E-state index in [0.717, 1.165) is 21.9 Å². The molecule has 0 aliphatic rings. The van der Waals surface area contributed by atoms with Crippen LogP contribution in [0.5, 0.6) is 11.5 Å². The van der Waals surface area contributed by atoms with Crippen molar-refractivity contribution >= 4 is 56.0 Å². The van der Waals surface area contributed by atoms with Crippen molar-refractivity contribution in [1.82, 2.24) is 0 Å². The highest BCUT2D eigenvalue weighted by atomic mass is 79.9. The molecular weight excluding hydrogens is 552 g/mol. The van der Waals surface area contributed by atoms with Crippen molar-refractivity contribution in [3.63, 3.8) is 0 Å². The molecule has 0 atom stereocenters. The predicted octanol–water partition coefficient (Wildman–Crippen LogP) is 8.09. The molecule has 0 aromatic heterocycles. The number of nitrogens with one attached hydrogen (secondary N) is 1. The number of fused-ring (bicyclic) bond motifs is 1. The molecule has 1 amide bonds. The highest BCUT2D eigenvalue weighted by Gasteiger charge is 2.16. The van der Waals surface area contributed by atoms with Gasteiger partial charge in [0, 0.05) is 16.3 Å². The summed E-state index contributed by atoms with van der Waals surface area (Å²) in [6.45, 7) is 4.73. The van der Waals surface area contributed by atoms with Gasteiger partial charge in [-0.05, 0) is 94.2 Å². The van der Waals surface area contributed by atoms with Crippen LogP contribution in [0, 0.1) is 18.3 Å². The maximum absolute atomic E-state index is 12.7. The SMILES string of the molecule is CCOc1cc(/C=C(\C#N)C(=O)Nc2ccc(Cl)cc2)cc(Br)c1OCc1c(C)ccc2ccccc12. The van der Waals surface area contributed by atoms with Crippen LogP contribution in [0.4, 0.5) is 5.69 Å². The Kier molecular flexibility index (Phi) is 8.50. The van der Waals surface area contributed by atoms with E-state index in [4.69, 9.17) is 21.1 Å². The number of nitriles is 1. The average Bonchev–Trinajstić information content (AvgIpc) is 2.89. The molecule has 7 heteroatoms. The van der Waals surface area contributed by atoms with Gasteiger partial charge in [-0.2, -0.15) is 5.26 Å². The lowest BCUT2D eigenvalue weighted by Gasteiger charge is -2.17. The minimum absolute atomic E-state index is 0.0515. The van der Waals surface area contributed by atoms with Gasteiger partial charge in [0.2, 0.25) is 0 Å². The van der Waals surface area contributed by atoms with Crippen molar-refractivity contribution in [1.29, 1.82) is 5.26 Å². The van der Waals surface area contributed by atoms with Crippen LogP contribution in [0.1, 0.15) is 23.6 Å². The second kappa shape index (κ2) is 12.0. The molecule has 0 saturated carbocycles. The Morgan fingerprint density at radius 2 is 1.84 bits per heavy atom. The number of nitrogens with zero attached hydrogens (tertiary/aromatic N) is 1. The van der Waals surface area contributed by atoms with Gasteiger partial charge in [-0.25, -0.2) is 0 Å². The van der Waals surface area contributed by atoms with Crippen LogP contribution in [-0.2, 0) is 11.4 Å². The van der Waals surface area contributed by atoms with Crippen LogP contribution in [0.25, 0.3) is 16.8 Å². The highest BCUT2D eigenvalue weighted by molar-refractivity contribution is 9.10. The summed E-state index contributed by atoms with van der Waals surface area (Å²) < 4.78 is 12.8. The molecule has 0 bridgehead atoms.